The smallest absolute Gasteiger partial charge is 0.137 e. The van der Waals surface area contributed by atoms with Crippen LogP contribution in [0.1, 0.15) is 56.6 Å². The maximum atomic E-state index is 13.4. The lowest BCUT2D eigenvalue weighted by Crippen LogP contribution is -2.47. The molecule has 0 aliphatic heterocycles. The first-order valence-electron chi connectivity index (χ1n) is 8.23. The molecule has 21 heavy (non-hydrogen) atoms. The van der Waals surface area contributed by atoms with Crippen LogP contribution in [0, 0.1) is 29.0 Å². The molecule has 0 aromatic heterocycles. The minimum atomic E-state index is -0.208. The lowest BCUT2D eigenvalue weighted by molar-refractivity contribution is -0.0605. The van der Waals surface area contributed by atoms with Gasteiger partial charge in [-0.05, 0) is 102 Å². The highest BCUT2D eigenvalue weighted by atomic mass is 79.9. The predicted octanol–water partition coefficient (Wildman–Crippen LogP) is 5.19. The van der Waals surface area contributed by atoms with Gasteiger partial charge in [0, 0.05) is 6.04 Å². The quantitative estimate of drug-likeness (QED) is 0.796. The molecule has 5 rings (SSSR count). The molecular formula is C18H23BrFN. The number of hydrogen-bond acceptors (Lipinski definition) is 1. The third-order valence-electron chi connectivity index (χ3n) is 6.19. The summed E-state index contributed by atoms with van der Waals surface area (Å²) in [6, 6.07) is 5.28. The lowest BCUT2D eigenvalue weighted by atomic mass is 9.48. The van der Waals surface area contributed by atoms with E-state index in [1.165, 1.54) is 44.6 Å². The van der Waals surface area contributed by atoms with E-state index in [1.54, 1.807) is 0 Å². The second-order valence-electron chi connectivity index (χ2n) is 7.90. The zero-order valence-electron chi connectivity index (χ0n) is 12.3. The van der Waals surface area contributed by atoms with Crippen molar-refractivity contribution in [3.63, 3.8) is 0 Å². The Morgan fingerprint density at radius 3 is 2.24 bits per heavy atom. The van der Waals surface area contributed by atoms with Crippen LogP contribution in [0.3, 0.4) is 0 Å². The number of benzene rings is 1. The minimum absolute atomic E-state index is 0.0400. The summed E-state index contributed by atoms with van der Waals surface area (Å²) in [6.45, 7) is 0. The number of hydrogen-bond donors (Lipinski definition) is 1. The van der Waals surface area contributed by atoms with Crippen molar-refractivity contribution in [1.82, 2.24) is 0 Å². The van der Waals surface area contributed by atoms with Crippen LogP contribution < -0.4 is 5.73 Å². The van der Waals surface area contributed by atoms with Crippen LogP contribution in [0.4, 0.5) is 4.39 Å². The van der Waals surface area contributed by atoms with Gasteiger partial charge in [-0.2, -0.15) is 0 Å². The fraction of sp³-hybridized carbons (Fsp3) is 0.667. The molecule has 4 fully saturated rings. The summed E-state index contributed by atoms with van der Waals surface area (Å²) >= 11 is 3.28. The molecule has 0 heterocycles. The van der Waals surface area contributed by atoms with Crippen LogP contribution in [-0.2, 0) is 0 Å². The summed E-state index contributed by atoms with van der Waals surface area (Å²) in [4.78, 5) is 0. The van der Waals surface area contributed by atoms with Crippen molar-refractivity contribution in [2.75, 3.05) is 0 Å². The van der Waals surface area contributed by atoms with Gasteiger partial charge in [0.05, 0.1) is 4.47 Å². The van der Waals surface area contributed by atoms with E-state index in [4.69, 9.17) is 5.73 Å². The van der Waals surface area contributed by atoms with Gasteiger partial charge in [-0.1, -0.05) is 6.07 Å². The Balaban J connectivity index is 1.53. The Hall–Kier alpha value is -0.410. The number of halogens is 2. The van der Waals surface area contributed by atoms with Gasteiger partial charge in [-0.15, -0.1) is 0 Å². The van der Waals surface area contributed by atoms with Gasteiger partial charge in [0.1, 0.15) is 5.82 Å². The molecular weight excluding hydrogens is 329 g/mol. The summed E-state index contributed by atoms with van der Waals surface area (Å²) in [5.74, 6) is 2.68. The molecule has 4 saturated carbocycles. The zero-order valence-corrected chi connectivity index (χ0v) is 13.9. The van der Waals surface area contributed by atoms with E-state index in [1.807, 2.05) is 12.1 Å². The molecule has 114 valence electrons. The Labute approximate surface area is 134 Å². The Bertz CT molecular complexity index is 521. The Kier molecular flexibility index (Phi) is 3.42. The largest absolute Gasteiger partial charge is 0.324 e. The highest BCUT2D eigenvalue weighted by molar-refractivity contribution is 9.10. The van der Waals surface area contributed by atoms with Crippen molar-refractivity contribution in [1.29, 1.82) is 0 Å². The molecule has 1 nitrogen and oxygen atoms in total. The first-order valence-corrected chi connectivity index (χ1v) is 9.03. The van der Waals surface area contributed by atoms with Gasteiger partial charge >= 0.3 is 0 Å². The van der Waals surface area contributed by atoms with Gasteiger partial charge in [0.2, 0.25) is 0 Å². The summed E-state index contributed by atoms with van der Waals surface area (Å²) in [6.07, 6.45) is 9.64. The van der Waals surface area contributed by atoms with Gasteiger partial charge in [-0.3, -0.25) is 0 Å². The van der Waals surface area contributed by atoms with E-state index in [0.29, 0.717) is 9.89 Å². The fourth-order valence-electron chi connectivity index (χ4n) is 5.87. The average molecular weight is 352 g/mol. The van der Waals surface area contributed by atoms with Crippen LogP contribution in [0.5, 0.6) is 0 Å². The normalized spacial score (nSPS) is 38.7. The third-order valence-corrected chi connectivity index (χ3v) is 6.80. The monoisotopic (exact) mass is 351 g/mol. The molecule has 4 aliphatic carbocycles. The second-order valence-corrected chi connectivity index (χ2v) is 8.76. The maximum absolute atomic E-state index is 13.4. The van der Waals surface area contributed by atoms with Gasteiger partial charge in [0.25, 0.3) is 0 Å². The molecule has 4 aliphatic rings. The molecule has 1 unspecified atom stereocenters. The van der Waals surface area contributed by atoms with Crippen molar-refractivity contribution in [2.45, 2.75) is 51.0 Å². The van der Waals surface area contributed by atoms with E-state index in [-0.39, 0.29) is 11.9 Å². The number of nitrogens with two attached hydrogens (primary N) is 1. The standard InChI is InChI=1S/C18H23BrFN/c19-15-6-14(1-2-16(15)20)17(21)10-18-7-11-3-12(8-18)5-13(4-11)9-18/h1-2,6,11-13,17H,3-5,7-10,21H2. The molecule has 0 radical (unpaired) electrons. The SMILES string of the molecule is NC(CC12CC3CC(CC(C3)C1)C2)c1ccc(F)c(Br)c1. The average Bonchev–Trinajstić information content (AvgIpc) is 2.39. The second kappa shape index (κ2) is 5.06. The molecule has 1 atom stereocenters. The summed E-state index contributed by atoms with van der Waals surface area (Å²) in [7, 11) is 0. The molecule has 1 aromatic rings. The maximum Gasteiger partial charge on any atom is 0.137 e. The van der Waals surface area contributed by atoms with Crippen molar-refractivity contribution in [3.05, 3.63) is 34.1 Å². The van der Waals surface area contributed by atoms with Gasteiger partial charge in [-0.25, -0.2) is 4.39 Å². The van der Waals surface area contributed by atoms with Gasteiger partial charge in [0.15, 0.2) is 0 Å². The molecule has 2 N–H and O–H groups in total. The van der Waals surface area contributed by atoms with Crippen LogP contribution in [-0.4, -0.2) is 0 Å². The Morgan fingerprint density at radius 2 is 1.71 bits per heavy atom. The molecule has 4 bridgehead atoms. The number of rotatable bonds is 3. The van der Waals surface area contributed by atoms with Crippen LogP contribution >= 0.6 is 15.9 Å². The van der Waals surface area contributed by atoms with Crippen LogP contribution in [0.25, 0.3) is 0 Å². The van der Waals surface area contributed by atoms with E-state index < -0.39 is 0 Å². The van der Waals surface area contributed by atoms with E-state index in [2.05, 4.69) is 15.9 Å². The first kappa shape index (κ1) is 14.2. The highest BCUT2D eigenvalue weighted by Crippen LogP contribution is 2.62. The van der Waals surface area contributed by atoms with Gasteiger partial charge < -0.3 is 5.73 Å². The van der Waals surface area contributed by atoms with Crippen LogP contribution in [0.15, 0.2) is 22.7 Å². The summed E-state index contributed by atoms with van der Waals surface area (Å²) in [5.41, 5.74) is 8.04. The van der Waals surface area contributed by atoms with E-state index in [0.717, 1.165) is 29.7 Å². The highest BCUT2D eigenvalue weighted by Gasteiger charge is 2.51. The lowest BCUT2D eigenvalue weighted by Gasteiger charge is -2.57. The Morgan fingerprint density at radius 1 is 1.14 bits per heavy atom. The molecule has 1 aromatic carbocycles. The summed E-state index contributed by atoms with van der Waals surface area (Å²) in [5, 5.41) is 0. The minimum Gasteiger partial charge on any atom is -0.324 e. The summed E-state index contributed by atoms with van der Waals surface area (Å²) < 4.78 is 13.9. The molecule has 0 spiro atoms. The van der Waals surface area contributed by atoms with Crippen molar-refractivity contribution in [2.24, 2.45) is 28.9 Å². The predicted molar refractivity (Wildman–Crippen MR) is 86.3 cm³/mol. The molecule has 0 amide bonds. The van der Waals surface area contributed by atoms with Crippen LogP contribution in [0.2, 0.25) is 0 Å². The topological polar surface area (TPSA) is 26.0 Å². The van der Waals surface area contributed by atoms with Crippen molar-refractivity contribution >= 4 is 15.9 Å². The third kappa shape index (κ3) is 2.57. The van der Waals surface area contributed by atoms with E-state index in [9.17, 15) is 4.39 Å². The van der Waals surface area contributed by atoms with E-state index >= 15 is 0 Å². The molecule has 3 heteroatoms. The molecule has 0 saturated heterocycles. The van der Waals surface area contributed by atoms with Crippen molar-refractivity contribution in [3.8, 4) is 0 Å². The fourth-order valence-corrected chi connectivity index (χ4v) is 6.26. The zero-order chi connectivity index (χ0) is 14.6. The first-order chi connectivity index (χ1) is 10.0. The van der Waals surface area contributed by atoms with Crippen molar-refractivity contribution < 1.29 is 4.39 Å².